The summed E-state index contributed by atoms with van der Waals surface area (Å²) in [5.41, 5.74) is 8.06. The number of nitrogens with zero attached hydrogens (tertiary/aromatic N) is 2. The number of nitrogens with one attached hydrogen (secondary N) is 6. The molecule has 3 saturated heterocycles. The SMILES string of the molecule is NCC[C@@H]1NC(=O)[C@H](Cc2c[nH]c3ccccc23)NC(=O)C2(CCCCC2)NC(=O)[C@H](Cc2c[nH]c3ccccc23)NC(=O)[C@H]2C[C@H]3CCCC[C@H]3N2C(=O)[C@H]2CCCN2C1=O. The predicted octanol–water partition coefficient (Wildman–Crippen LogP) is 3.22. The summed E-state index contributed by atoms with van der Waals surface area (Å²) in [6.45, 7) is 0.408. The van der Waals surface area contributed by atoms with E-state index < -0.39 is 65.3 Å². The van der Waals surface area contributed by atoms with Gasteiger partial charge in [0.05, 0.1) is 0 Å². The highest BCUT2D eigenvalue weighted by molar-refractivity contribution is 6.00. The summed E-state index contributed by atoms with van der Waals surface area (Å²) < 4.78 is 0. The average molecular weight is 846 g/mol. The summed E-state index contributed by atoms with van der Waals surface area (Å²) in [5, 5.41) is 14.1. The van der Waals surface area contributed by atoms with E-state index in [1.165, 1.54) is 0 Å². The Hall–Kier alpha value is -5.70. The van der Waals surface area contributed by atoms with Gasteiger partial charge in [-0.05, 0) is 87.1 Å². The van der Waals surface area contributed by atoms with Crippen molar-refractivity contribution in [3.8, 4) is 0 Å². The molecule has 5 heterocycles. The second-order valence-electron chi connectivity index (χ2n) is 18.3. The third-order valence-electron chi connectivity index (χ3n) is 14.5. The molecule has 2 aliphatic carbocycles. The molecule has 2 aromatic carbocycles. The van der Waals surface area contributed by atoms with E-state index in [0.717, 1.165) is 65.0 Å². The fourth-order valence-electron chi connectivity index (χ4n) is 11.3. The van der Waals surface area contributed by atoms with Crippen LogP contribution in [0, 0.1) is 5.92 Å². The van der Waals surface area contributed by atoms with E-state index in [9.17, 15) is 24.0 Å². The van der Waals surface area contributed by atoms with E-state index >= 15 is 4.79 Å². The lowest BCUT2D eigenvalue weighted by atomic mass is 9.80. The Bertz CT molecular complexity index is 2350. The molecule has 328 valence electrons. The van der Waals surface area contributed by atoms with Crippen LogP contribution >= 0.6 is 0 Å². The molecule has 5 fully saturated rings. The number of fused-ring (bicyclic) bond motifs is 6. The van der Waals surface area contributed by atoms with E-state index in [1.54, 1.807) is 9.80 Å². The van der Waals surface area contributed by atoms with Gasteiger partial charge in [0, 0.05) is 59.6 Å². The quantitative estimate of drug-likeness (QED) is 0.154. The zero-order valence-electron chi connectivity index (χ0n) is 35.3. The van der Waals surface area contributed by atoms with E-state index in [1.807, 2.05) is 60.9 Å². The number of para-hydroxylation sites is 2. The van der Waals surface area contributed by atoms with E-state index in [2.05, 4.69) is 31.2 Å². The average Bonchev–Trinajstić information content (AvgIpc) is 4.11. The van der Waals surface area contributed by atoms with Crippen LogP contribution in [-0.2, 0) is 41.6 Å². The van der Waals surface area contributed by atoms with Crippen molar-refractivity contribution in [1.29, 1.82) is 0 Å². The third-order valence-corrected chi connectivity index (χ3v) is 14.5. The number of carbonyl (C=O) groups excluding carboxylic acids is 6. The highest BCUT2D eigenvalue weighted by Crippen LogP contribution is 2.41. The maximum atomic E-state index is 15.0. The first-order valence-corrected chi connectivity index (χ1v) is 22.8. The maximum absolute atomic E-state index is 15.0. The highest BCUT2D eigenvalue weighted by atomic mass is 16.2. The van der Waals surface area contributed by atoms with E-state index in [4.69, 9.17) is 5.73 Å². The van der Waals surface area contributed by atoms with Crippen molar-refractivity contribution in [3.63, 3.8) is 0 Å². The molecule has 0 bridgehead atoms. The number of amides is 6. The summed E-state index contributed by atoms with van der Waals surface area (Å²) in [4.78, 5) is 98.9. The van der Waals surface area contributed by atoms with Gasteiger partial charge in [0.25, 0.3) is 0 Å². The number of hydrogen-bond donors (Lipinski definition) is 7. The van der Waals surface area contributed by atoms with Gasteiger partial charge in [0.15, 0.2) is 0 Å². The van der Waals surface area contributed by atoms with Gasteiger partial charge < -0.3 is 46.8 Å². The smallest absolute Gasteiger partial charge is 0.246 e. The Kier molecular flexibility index (Phi) is 11.8. The van der Waals surface area contributed by atoms with Gasteiger partial charge in [-0.2, -0.15) is 0 Å². The molecule has 1 spiro atoms. The van der Waals surface area contributed by atoms with Crippen LogP contribution in [0.25, 0.3) is 21.8 Å². The van der Waals surface area contributed by atoms with Crippen molar-refractivity contribution in [3.05, 3.63) is 72.1 Å². The molecule has 0 radical (unpaired) electrons. The van der Waals surface area contributed by atoms with Gasteiger partial charge in [0.2, 0.25) is 35.4 Å². The monoisotopic (exact) mass is 845 g/mol. The van der Waals surface area contributed by atoms with Gasteiger partial charge in [-0.15, -0.1) is 0 Å². The molecule has 2 saturated carbocycles. The second kappa shape index (κ2) is 17.6. The largest absolute Gasteiger partial charge is 0.361 e. The number of benzene rings is 2. The summed E-state index contributed by atoms with van der Waals surface area (Å²) in [6.07, 6.45) is 11.9. The van der Waals surface area contributed by atoms with Crippen LogP contribution in [0.3, 0.4) is 0 Å². The van der Waals surface area contributed by atoms with Crippen molar-refractivity contribution in [2.24, 2.45) is 11.7 Å². The van der Waals surface area contributed by atoms with Crippen molar-refractivity contribution in [2.75, 3.05) is 13.1 Å². The number of aromatic nitrogens is 2. The van der Waals surface area contributed by atoms with Gasteiger partial charge in [-0.1, -0.05) is 68.5 Å². The summed E-state index contributed by atoms with van der Waals surface area (Å²) in [5.74, 6) is -2.56. The Morgan fingerprint density at radius 2 is 1.26 bits per heavy atom. The summed E-state index contributed by atoms with van der Waals surface area (Å²) in [7, 11) is 0. The Morgan fingerprint density at radius 3 is 1.94 bits per heavy atom. The molecule has 0 unspecified atom stereocenters. The molecule has 2 aromatic heterocycles. The molecule has 62 heavy (non-hydrogen) atoms. The minimum Gasteiger partial charge on any atom is -0.361 e. The summed E-state index contributed by atoms with van der Waals surface area (Å²) >= 11 is 0. The molecule has 15 nitrogen and oxygen atoms in total. The van der Waals surface area contributed by atoms with Crippen molar-refractivity contribution < 1.29 is 28.8 Å². The minimum absolute atomic E-state index is 0.0929. The topological polar surface area (TPSA) is 215 Å². The lowest BCUT2D eigenvalue weighted by molar-refractivity contribution is -0.150. The molecule has 5 aliphatic rings. The number of rotatable bonds is 6. The Morgan fingerprint density at radius 1 is 0.629 bits per heavy atom. The number of aromatic amines is 2. The fourth-order valence-corrected chi connectivity index (χ4v) is 11.3. The van der Waals surface area contributed by atoms with Crippen molar-refractivity contribution in [2.45, 2.75) is 138 Å². The van der Waals surface area contributed by atoms with Gasteiger partial charge >= 0.3 is 0 Å². The molecule has 8 N–H and O–H groups in total. The predicted molar refractivity (Wildman–Crippen MR) is 233 cm³/mol. The fraction of sp³-hybridized carbons (Fsp3) is 0.532. The molecule has 6 amide bonds. The zero-order valence-corrected chi connectivity index (χ0v) is 35.3. The Labute approximate surface area is 361 Å². The third kappa shape index (κ3) is 7.95. The van der Waals surface area contributed by atoms with Crippen molar-refractivity contribution >= 4 is 57.2 Å². The number of nitrogens with two attached hydrogens (primary N) is 1. The molecule has 15 heteroatoms. The molecular weight excluding hydrogens is 787 g/mol. The lowest BCUT2D eigenvalue weighted by Crippen LogP contribution is -2.66. The maximum Gasteiger partial charge on any atom is 0.246 e. The van der Waals surface area contributed by atoms with Crippen LogP contribution < -0.4 is 27.0 Å². The lowest BCUT2D eigenvalue weighted by Gasteiger charge is -2.40. The number of carbonyl (C=O) groups is 6. The standard InChI is InChI=1S/C47H59N9O6/c48-21-18-35-44(60)55-22-10-17-39(55)45(61)56-38-16-7-2-11-28(38)25-40(56)43(59)52-37(24-30-27-50-34-15-6-4-13-32(30)34)42(58)54-47(19-8-1-9-20-47)46(62)53-36(41(57)51-35)23-29-26-49-33-14-5-3-12-31(29)33/h3-6,12-15,26-28,35-40,49-50H,1-2,7-11,16-25,48H2,(H,51,57)(H,52,59)(H,53,62)(H,54,58)/t28-,35+,36+,37+,38-,39-,40-/m1/s1. The minimum atomic E-state index is -1.39. The van der Waals surface area contributed by atoms with Crippen molar-refractivity contribution in [1.82, 2.24) is 41.0 Å². The Balaban J connectivity index is 1.12. The van der Waals surface area contributed by atoms with Crippen LogP contribution in [0.2, 0.25) is 0 Å². The van der Waals surface area contributed by atoms with E-state index in [0.29, 0.717) is 51.5 Å². The first kappa shape index (κ1) is 41.6. The molecular formula is C47H59N9O6. The molecule has 9 rings (SSSR count). The first-order valence-electron chi connectivity index (χ1n) is 22.8. The number of H-pyrrole nitrogens is 2. The normalized spacial score (nSPS) is 28.8. The first-order chi connectivity index (χ1) is 30.1. The zero-order chi connectivity index (χ0) is 43.0. The van der Waals surface area contributed by atoms with Crippen LogP contribution in [0.5, 0.6) is 0 Å². The van der Waals surface area contributed by atoms with Crippen LogP contribution in [-0.4, -0.2) is 110 Å². The van der Waals surface area contributed by atoms with Crippen LogP contribution in [0.1, 0.15) is 94.6 Å². The molecule has 7 atom stereocenters. The second-order valence-corrected chi connectivity index (χ2v) is 18.3. The number of hydrogen-bond acceptors (Lipinski definition) is 7. The van der Waals surface area contributed by atoms with Gasteiger partial charge in [0.1, 0.15) is 35.7 Å². The van der Waals surface area contributed by atoms with Gasteiger partial charge in [-0.25, -0.2) is 0 Å². The molecule has 3 aliphatic heterocycles. The van der Waals surface area contributed by atoms with Crippen LogP contribution in [0.15, 0.2) is 60.9 Å². The van der Waals surface area contributed by atoms with Gasteiger partial charge in [-0.3, -0.25) is 28.8 Å². The van der Waals surface area contributed by atoms with E-state index in [-0.39, 0.29) is 43.7 Å². The molecule has 4 aromatic rings. The van der Waals surface area contributed by atoms with Crippen LogP contribution in [0.4, 0.5) is 0 Å². The highest BCUT2D eigenvalue weighted by Gasteiger charge is 2.52. The summed E-state index contributed by atoms with van der Waals surface area (Å²) in [6, 6.07) is 10.3.